The summed E-state index contributed by atoms with van der Waals surface area (Å²) in [6.07, 6.45) is -2.36. The Hall–Kier alpha value is -2.39. The van der Waals surface area contributed by atoms with Crippen molar-refractivity contribution in [2.75, 3.05) is 24.3 Å². The van der Waals surface area contributed by atoms with Crippen LogP contribution in [-0.4, -0.2) is 30.0 Å². The van der Waals surface area contributed by atoms with Gasteiger partial charge in [0.2, 0.25) is 5.91 Å². The minimum absolute atomic E-state index is 0.178. The molecule has 3 rings (SSSR count). The second kappa shape index (κ2) is 8.10. The van der Waals surface area contributed by atoms with Gasteiger partial charge in [-0.25, -0.2) is 18.7 Å². The van der Waals surface area contributed by atoms with Gasteiger partial charge in [0.1, 0.15) is 0 Å². The van der Waals surface area contributed by atoms with Gasteiger partial charge in [0, 0.05) is 25.2 Å². The third-order valence-corrected chi connectivity index (χ3v) is 5.75. The van der Waals surface area contributed by atoms with Crippen molar-refractivity contribution in [2.45, 2.75) is 19.8 Å². The predicted octanol–water partition coefficient (Wildman–Crippen LogP) is 4.76. The molecular formula is C18H18F2N4OS2. The zero-order valence-corrected chi connectivity index (χ0v) is 16.6. The van der Waals surface area contributed by atoms with Crippen molar-refractivity contribution >= 4 is 39.4 Å². The van der Waals surface area contributed by atoms with Crippen molar-refractivity contribution < 1.29 is 13.6 Å². The Morgan fingerprint density at radius 3 is 2.52 bits per heavy atom. The van der Waals surface area contributed by atoms with Crippen LogP contribution >= 0.6 is 22.7 Å². The van der Waals surface area contributed by atoms with E-state index in [-0.39, 0.29) is 17.3 Å². The van der Waals surface area contributed by atoms with Crippen LogP contribution in [0.2, 0.25) is 0 Å². The van der Waals surface area contributed by atoms with Gasteiger partial charge in [-0.1, -0.05) is 12.1 Å². The van der Waals surface area contributed by atoms with Crippen LogP contribution in [0, 0.1) is 6.92 Å². The van der Waals surface area contributed by atoms with Crippen LogP contribution in [0.15, 0.2) is 29.6 Å². The Morgan fingerprint density at radius 2 is 1.93 bits per heavy atom. The van der Waals surface area contributed by atoms with Crippen molar-refractivity contribution in [3.8, 4) is 10.6 Å². The molecule has 2 heterocycles. The summed E-state index contributed by atoms with van der Waals surface area (Å²) in [4.78, 5) is 23.0. The van der Waals surface area contributed by atoms with Gasteiger partial charge in [-0.15, -0.1) is 22.7 Å². The highest BCUT2D eigenvalue weighted by Crippen LogP contribution is 2.35. The number of nitrogens with one attached hydrogen (secondary N) is 1. The largest absolute Gasteiger partial charge is 0.378 e. The molecule has 0 atom stereocenters. The Balaban J connectivity index is 1.66. The highest BCUT2D eigenvalue weighted by molar-refractivity contribution is 7.17. The molecule has 142 valence electrons. The van der Waals surface area contributed by atoms with Crippen LogP contribution in [0.1, 0.15) is 22.7 Å². The van der Waals surface area contributed by atoms with Gasteiger partial charge < -0.3 is 10.2 Å². The monoisotopic (exact) mass is 408 g/mol. The molecule has 0 bridgehead atoms. The summed E-state index contributed by atoms with van der Waals surface area (Å²) in [6.45, 7) is 1.67. The third-order valence-electron chi connectivity index (χ3n) is 3.80. The van der Waals surface area contributed by atoms with E-state index in [9.17, 15) is 13.6 Å². The number of aromatic nitrogens is 2. The fourth-order valence-corrected chi connectivity index (χ4v) is 4.12. The lowest BCUT2D eigenvalue weighted by Gasteiger charge is -2.12. The van der Waals surface area contributed by atoms with Crippen LogP contribution in [0.5, 0.6) is 0 Å². The lowest BCUT2D eigenvalue weighted by atomic mass is 10.1. The van der Waals surface area contributed by atoms with Gasteiger partial charge in [-0.3, -0.25) is 4.79 Å². The van der Waals surface area contributed by atoms with E-state index in [1.165, 1.54) is 11.3 Å². The number of carbonyl (C=O) groups is 1. The minimum Gasteiger partial charge on any atom is -0.378 e. The first kappa shape index (κ1) is 19.4. The standard InChI is InChI=1S/C18H18F2N4OS2/c1-10-15(27-17(21-10)16(19)20)13-9-26-18(22-13)23-14(25)8-11-4-6-12(7-5-11)24(2)3/h4-7,9,16H,8H2,1-3H3,(H,22,23,25). The van der Waals surface area contributed by atoms with Crippen molar-refractivity contribution in [1.82, 2.24) is 9.97 Å². The van der Waals surface area contributed by atoms with Gasteiger partial charge in [-0.2, -0.15) is 0 Å². The van der Waals surface area contributed by atoms with E-state index >= 15 is 0 Å². The van der Waals surface area contributed by atoms with E-state index in [0.717, 1.165) is 22.6 Å². The second-order valence-electron chi connectivity index (χ2n) is 6.09. The number of benzene rings is 1. The van der Waals surface area contributed by atoms with E-state index in [1.807, 2.05) is 43.3 Å². The molecule has 27 heavy (non-hydrogen) atoms. The lowest BCUT2D eigenvalue weighted by molar-refractivity contribution is -0.115. The first-order valence-corrected chi connectivity index (χ1v) is 9.80. The molecule has 0 saturated carbocycles. The van der Waals surface area contributed by atoms with Gasteiger partial charge in [0.25, 0.3) is 6.43 Å². The average molecular weight is 408 g/mol. The summed E-state index contributed by atoms with van der Waals surface area (Å²) in [5.74, 6) is -0.178. The summed E-state index contributed by atoms with van der Waals surface area (Å²) in [7, 11) is 3.91. The number of anilines is 2. The second-order valence-corrected chi connectivity index (χ2v) is 7.98. The van der Waals surface area contributed by atoms with Crippen LogP contribution in [-0.2, 0) is 11.2 Å². The molecule has 0 radical (unpaired) electrons. The SMILES string of the molecule is Cc1nc(C(F)F)sc1-c1csc(NC(=O)Cc2ccc(N(C)C)cc2)n1. The first-order valence-electron chi connectivity index (χ1n) is 8.11. The quantitative estimate of drug-likeness (QED) is 0.639. The van der Waals surface area contributed by atoms with Crippen molar-refractivity contribution in [1.29, 1.82) is 0 Å². The van der Waals surface area contributed by atoms with Crippen LogP contribution in [0.4, 0.5) is 19.6 Å². The lowest BCUT2D eigenvalue weighted by Crippen LogP contribution is -2.14. The number of carbonyl (C=O) groups excluding carboxylic acids is 1. The molecule has 0 spiro atoms. The molecule has 0 fully saturated rings. The molecule has 1 N–H and O–H groups in total. The Bertz CT molecular complexity index is 935. The van der Waals surface area contributed by atoms with Gasteiger partial charge in [-0.05, 0) is 24.6 Å². The number of halogens is 2. The van der Waals surface area contributed by atoms with E-state index < -0.39 is 6.43 Å². The number of thiazole rings is 2. The van der Waals surface area contributed by atoms with E-state index in [1.54, 1.807) is 12.3 Å². The summed E-state index contributed by atoms with van der Waals surface area (Å²) in [5, 5.41) is 4.71. The maximum absolute atomic E-state index is 12.8. The average Bonchev–Trinajstić information content (AvgIpc) is 3.21. The zero-order chi connectivity index (χ0) is 19.6. The molecule has 2 aromatic heterocycles. The summed E-state index contributed by atoms with van der Waals surface area (Å²) < 4.78 is 25.6. The maximum atomic E-state index is 12.8. The summed E-state index contributed by atoms with van der Waals surface area (Å²) in [6, 6.07) is 7.73. The highest BCUT2D eigenvalue weighted by atomic mass is 32.1. The molecule has 0 aliphatic carbocycles. The van der Waals surface area contributed by atoms with Gasteiger partial charge >= 0.3 is 0 Å². The number of aryl methyl sites for hydroxylation is 1. The molecule has 5 nitrogen and oxygen atoms in total. The molecule has 0 saturated heterocycles. The van der Waals surface area contributed by atoms with Crippen molar-refractivity contribution in [2.24, 2.45) is 0 Å². The smallest absolute Gasteiger partial charge is 0.289 e. The van der Waals surface area contributed by atoms with E-state index in [2.05, 4.69) is 15.3 Å². The molecule has 0 aliphatic rings. The first-order chi connectivity index (χ1) is 12.8. The van der Waals surface area contributed by atoms with Crippen LogP contribution in [0.3, 0.4) is 0 Å². The molecular weight excluding hydrogens is 390 g/mol. The number of hydrogen-bond acceptors (Lipinski definition) is 6. The topological polar surface area (TPSA) is 58.1 Å². The Kier molecular flexibility index (Phi) is 5.81. The number of amides is 1. The predicted molar refractivity (Wildman–Crippen MR) is 106 cm³/mol. The zero-order valence-electron chi connectivity index (χ0n) is 15.0. The molecule has 0 aliphatic heterocycles. The van der Waals surface area contributed by atoms with E-state index in [4.69, 9.17) is 0 Å². The minimum atomic E-state index is -2.60. The van der Waals surface area contributed by atoms with Gasteiger partial charge in [0.15, 0.2) is 10.1 Å². The van der Waals surface area contributed by atoms with E-state index in [0.29, 0.717) is 21.4 Å². The normalized spacial score (nSPS) is 11.0. The molecule has 1 amide bonds. The number of hydrogen-bond donors (Lipinski definition) is 1. The van der Waals surface area contributed by atoms with Crippen molar-refractivity contribution in [3.63, 3.8) is 0 Å². The third kappa shape index (κ3) is 4.67. The molecule has 1 aromatic carbocycles. The fourth-order valence-electron chi connectivity index (χ4n) is 2.44. The number of nitrogens with zero attached hydrogens (tertiary/aromatic N) is 3. The van der Waals surface area contributed by atoms with Crippen LogP contribution < -0.4 is 10.2 Å². The molecule has 0 unspecified atom stereocenters. The molecule has 9 heteroatoms. The van der Waals surface area contributed by atoms with Gasteiger partial charge in [0.05, 0.1) is 22.7 Å². The van der Waals surface area contributed by atoms with Crippen LogP contribution in [0.25, 0.3) is 10.6 Å². The maximum Gasteiger partial charge on any atom is 0.289 e. The number of alkyl halides is 2. The molecule has 3 aromatic rings. The Labute approximate surface area is 163 Å². The van der Waals surface area contributed by atoms with Crippen molar-refractivity contribution in [3.05, 3.63) is 45.9 Å². The summed E-state index contributed by atoms with van der Waals surface area (Å²) >= 11 is 2.18. The Morgan fingerprint density at radius 1 is 1.22 bits per heavy atom. The summed E-state index contributed by atoms with van der Waals surface area (Å²) in [5.41, 5.74) is 3.02. The fraction of sp³-hybridized carbons (Fsp3) is 0.278. The number of rotatable bonds is 6. The highest BCUT2D eigenvalue weighted by Gasteiger charge is 2.18.